The lowest BCUT2D eigenvalue weighted by Gasteiger charge is -2.17. The highest BCUT2D eigenvalue weighted by Crippen LogP contribution is 2.24. The van der Waals surface area contributed by atoms with Crippen LogP contribution in [0.1, 0.15) is 13.8 Å². The van der Waals surface area contributed by atoms with Gasteiger partial charge in [-0.1, -0.05) is 12.1 Å². The van der Waals surface area contributed by atoms with E-state index in [4.69, 9.17) is 9.47 Å². The molecule has 0 aliphatic carbocycles. The zero-order valence-corrected chi connectivity index (χ0v) is 13.1. The Bertz CT molecular complexity index is 493. The first kappa shape index (κ1) is 17.8. The van der Waals surface area contributed by atoms with Crippen molar-refractivity contribution in [1.82, 2.24) is 10.6 Å². The molecule has 0 saturated carbocycles. The van der Waals surface area contributed by atoms with Crippen LogP contribution in [0, 0.1) is 0 Å². The molecule has 22 heavy (non-hydrogen) atoms. The summed E-state index contributed by atoms with van der Waals surface area (Å²) >= 11 is 0. The number of para-hydroxylation sites is 2. The molecular weight excluding hydrogens is 286 g/mol. The van der Waals surface area contributed by atoms with Crippen molar-refractivity contribution in [3.8, 4) is 5.75 Å². The normalized spacial score (nSPS) is 11.4. The monoisotopic (exact) mass is 309 g/mol. The topological polar surface area (TPSA) is 88.7 Å². The lowest BCUT2D eigenvalue weighted by atomic mass is 10.2. The van der Waals surface area contributed by atoms with Crippen LogP contribution in [0.3, 0.4) is 0 Å². The van der Waals surface area contributed by atoms with Crippen LogP contribution in [-0.4, -0.2) is 44.8 Å². The molecule has 1 aromatic rings. The SMILES string of the molecule is CCNC(=O)NC(=O)[C@@H](C)Nc1ccccc1OCCOC. The van der Waals surface area contributed by atoms with E-state index in [1.165, 1.54) is 0 Å². The van der Waals surface area contributed by atoms with Crippen LogP contribution >= 0.6 is 0 Å². The number of hydrogen-bond acceptors (Lipinski definition) is 5. The molecule has 0 saturated heterocycles. The standard InChI is InChI=1S/C15H23N3O4/c1-4-16-15(20)18-14(19)11(2)17-12-7-5-6-8-13(12)22-10-9-21-3/h5-8,11,17H,4,9-10H2,1-3H3,(H2,16,18,19,20)/t11-/m1/s1. The molecule has 0 aliphatic heterocycles. The Morgan fingerprint density at radius 3 is 2.64 bits per heavy atom. The molecule has 7 nitrogen and oxygen atoms in total. The smallest absolute Gasteiger partial charge is 0.321 e. The van der Waals surface area contributed by atoms with Gasteiger partial charge in [0, 0.05) is 13.7 Å². The van der Waals surface area contributed by atoms with E-state index in [-0.39, 0.29) is 0 Å². The van der Waals surface area contributed by atoms with Crippen LogP contribution < -0.4 is 20.7 Å². The van der Waals surface area contributed by atoms with Crippen LogP contribution in [0.5, 0.6) is 5.75 Å². The Labute approximate surface area is 130 Å². The molecule has 1 atom stereocenters. The molecule has 0 heterocycles. The average Bonchev–Trinajstić information content (AvgIpc) is 2.49. The van der Waals surface area contributed by atoms with Crippen molar-refractivity contribution >= 4 is 17.6 Å². The number of imide groups is 1. The van der Waals surface area contributed by atoms with E-state index in [0.717, 1.165) is 0 Å². The van der Waals surface area contributed by atoms with E-state index >= 15 is 0 Å². The lowest BCUT2D eigenvalue weighted by molar-refractivity contribution is -0.120. The number of anilines is 1. The summed E-state index contributed by atoms with van der Waals surface area (Å²) in [5.41, 5.74) is 0.678. The lowest BCUT2D eigenvalue weighted by Crippen LogP contribution is -2.45. The zero-order chi connectivity index (χ0) is 16.4. The molecule has 1 rings (SSSR count). The van der Waals surface area contributed by atoms with Gasteiger partial charge in [0.05, 0.1) is 12.3 Å². The van der Waals surface area contributed by atoms with Gasteiger partial charge in [-0.05, 0) is 26.0 Å². The molecule has 0 aliphatic rings. The number of benzene rings is 1. The predicted octanol–water partition coefficient (Wildman–Crippen LogP) is 1.36. The number of ether oxygens (including phenoxy) is 2. The summed E-state index contributed by atoms with van der Waals surface area (Å²) in [7, 11) is 1.60. The Balaban J connectivity index is 2.61. The molecule has 0 radical (unpaired) electrons. The minimum Gasteiger partial charge on any atom is -0.489 e. The van der Waals surface area contributed by atoms with Gasteiger partial charge in [-0.2, -0.15) is 0 Å². The maximum atomic E-state index is 11.9. The minimum absolute atomic E-state index is 0.411. The quantitative estimate of drug-likeness (QED) is 0.631. The third kappa shape index (κ3) is 6.01. The number of hydrogen-bond donors (Lipinski definition) is 3. The van der Waals surface area contributed by atoms with Crippen LogP contribution in [0.2, 0.25) is 0 Å². The molecule has 0 fully saturated rings. The number of carbonyl (C=O) groups excluding carboxylic acids is 2. The fourth-order valence-electron chi connectivity index (χ4n) is 1.67. The Morgan fingerprint density at radius 1 is 1.23 bits per heavy atom. The van der Waals surface area contributed by atoms with Crippen molar-refractivity contribution in [2.24, 2.45) is 0 Å². The van der Waals surface area contributed by atoms with Gasteiger partial charge >= 0.3 is 6.03 Å². The van der Waals surface area contributed by atoms with E-state index in [2.05, 4.69) is 16.0 Å². The Hall–Kier alpha value is -2.28. The molecular formula is C15H23N3O4. The molecule has 3 amide bonds. The molecule has 0 bridgehead atoms. The third-order valence-electron chi connectivity index (χ3n) is 2.77. The maximum Gasteiger partial charge on any atom is 0.321 e. The van der Waals surface area contributed by atoms with Crippen molar-refractivity contribution in [2.75, 3.05) is 32.2 Å². The van der Waals surface area contributed by atoms with Crippen molar-refractivity contribution < 1.29 is 19.1 Å². The molecule has 122 valence electrons. The average molecular weight is 309 g/mol. The molecule has 0 aromatic heterocycles. The second-order valence-corrected chi connectivity index (χ2v) is 4.55. The number of amides is 3. The summed E-state index contributed by atoms with van der Waals surface area (Å²) in [5, 5.41) is 7.79. The third-order valence-corrected chi connectivity index (χ3v) is 2.77. The first-order valence-corrected chi connectivity index (χ1v) is 7.14. The second-order valence-electron chi connectivity index (χ2n) is 4.55. The van der Waals surface area contributed by atoms with Crippen molar-refractivity contribution in [1.29, 1.82) is 0 Å². The fourth-order valence-corrected chi connectivity index (χ4v) is 1.67. The van der Waals surface area contributed by atoms with E-state index in [9.17, 15) is 9.59 Å². The van der Waals surface area contributed by atoms with E-state index < -0.39 is 18.0 Å². The van der Waals surface area contributed by atoms with Gasteiger partial charge in [-0.15, -0.1) is 0 Å². The van der Waals surface area contributed by atoms with E-state index in [1.54, 1.807) is 33.1 Å². The summed E-state index contributed by atoms with van der Waals surface area (Å²) in [4.78, 5) is 23.3. The predicted molar refractivity (Wildman–Crippen MR) is 84.1 cm³/mol. The van der Waals surface area contributed by atoms with Crippen LogP contribution in [0.25, 0.3) is 0 Å². The first-order valence-electron chi connectivity index (χ1n) is 7.14. The zero-order valence-electron chi connectivity index (χ0n) is 13.1. The summed E-state index contributed by atoms with van der Waals surface area (Å²) < 4.78 is 10.5. The maximum absolute atomic E-state index is 11.9. The first-order chi connectivity index (χ1) is 10.6. The van der Waals surface area contributed by atoms with Gasteiger partial charge in [0.1, 0.15) is 18.4 Å². The number of nitrogens with one attached hydrogen (secondary N) is 3. The van der Waals surface area contributed by atoms with Gasteiger partial charge in [-0.25, -0.2) is 4.79 Å². The Morgan fingerprint density at radius 2 is 1.95 bits per heavy atom. The fraction of sp³-hybridized carbons (Fsp3) is 0.467. The van der Waals surface area contributed by atoms with Gasteiger partial charge in [0.25, 0.3) is 0 Å². The van der Waals surface area contributed by atoms with Crippen molar-refractivity contribution in [3.05, 3.63) is 24.3 Å². The van der Waals surface area contributed by atoms with Crippen molar-refractivity contribution in [3.63, 3.8) is 0 Å². The number of urea groups is 1. The molecule has 0 unspecified atom stereocenters. The summed E-state index contributed by atoms with van der Waals surface area (Å²) in [5.74, 6) is 0.204. The molecule has 7 heteroatoms. The van der Waals surface area contributed by atoms with Crippen LogP contribution in [0.15, 0.2) is 24.3 Å². The minimum atomic E-state index is -0.588. The highest BCUT2D eigenvalue weighted by atomic mass is 16.5. The van der Waals surface area contributed by atoms with Crippen LogP contribution in [0.4, 0.5) is 10.5 Å². The summed E-state index contributed by atoms with van der Waals surface area (Å²) in [6.07, 6.45) is 0. The number of carbonyl (C=O) groups is 2. The Kier molecular flexibility index (Phi) is 7.77. The van der Waals surface area contributed by atoms with E-state index in [1.807, 2.05) is 12.1 Å². The van der Waals surface area contributed by atoms with Gasteiger partial charge in [0.15, 0.2) is 0 Å². The van der Waals surface area contributed by atoms with Gasteiger partial charge < -0.3 is 20.1 Å². The summed E-state index contributed by atoms with van der Waals surface area (Å²) in [6.45, 7) is 4.78. The second kappa shape index (κ2) is 9.62. The molecule has 1 aromatic carbocycles. The molecule has 3 N–H and O–H groups in total. The van der Waals surface area contributed by atoms with Gasteiger partial charge in [-0.3, -0.25) is 10.1 Å². The largest absolute Gasteiger partial charge is 0.489 e. The number of rotatable bonds is 8. The number of methoxy groups -OCH3 is 1. The highest BCUT2D eigenvalue weighted by Gasteiger charge is 2.16. The van der Waals surface area contributed by atoms with Gasteiger partial charge in [0.2, 0.25) is 5.91 Å². The van der Waals surface area contributed by atoms with E-state index in [0.29, 0.717) is 31.2 Å². The molecule has 0 spiro atoms. The highest BCUT2D eigenvalue weighted by molar-refractivity contribution is 5.98. The summed E-state index contributed by atoms with van der Waals surface area (Å²) in [6, 6.07) is 6.18. The van der Waals surface area contributed by atoms with Crippen LogP contribution in [-0.2, 0) is 9.53 Å². The van der Waals surface area contributed by atoms with Crippen molar-refractivity contribution in [2.45, 2.75) is 19.9 Å².